The Morgan fingerprint density at radius 2 is 1.57 bits per heavy atom. The number of non-ortho nitro benzene ring substituents is 1. The van der Waals surface area contributed by atoms with Crippen LogP contribution in [0.25, 0.3) is 0 Å². The highest BCUT2D eigenvalue weighted by Crippen LogP contribution is 2.14. The summed E-state index contributed by atoms with van der Waals surface area (Å²) >= 11 is 0. The van der Waals surface area contributed by atoms with Crippen LogP contribution < -0.4 is 15.6 Å². The van der Waals surface area contributed by atoms with Crippen LogP contribution in [0.5, 0.6) is 5.75 Å². The lowest BCUT2D eigenvalue weighted by molar-refractivity contribution is -0.384. The van der Waals surface area contributed by atoms with E-state index < -0.39 is 29.3 Å². The Morgan fingerprint density at radius 1 is 0.967 bits per heavy atom. The van der Waals surface area contributed by atoms with E-state index in [2.05, 4.69) is 10.9 Å². The maximum atomic E-state index is 12.0. The highest BCUT2D eigenvalue weighted by atomic mass is 16.6. The molecular formula is C20H21N3O7. The predicted molar refractivity (Wildman–Crippen MR) is 106 cm³/mol. The third-order valence-corrected chi connectivity index (χ3v) is 3.66. The van der Waals surface area contributed by atoms with Gasteiger partial charge in [-0.1, -0.05) is 13.8 Å². The maximum Gasteiger partial charge on any atom is 0.338 e. The minimum Gasteiger partial charge on any atom is -0.493 e. The largest absolute Gasteiger partial charge is 0.493 e. The lowest BCUT2D eigenvalue weighted by Gasteiger charge is -2.10. The molecule has 0 aromatic heterocycles. The van der Waals surface area contributed by atoms with Crippen LogP contribution in [0.1, 0.15) is 34.6 Å². The van der Waals surface area contributed by atoms with Crippen molar-refractivity contribution >= 4 is 23.5 Å². The molecule has 0 aliphatic carbocycles. The molecule has 0 fully saturated rings. The summed E-state index contributed by atoms with van der Waals surface area (Å²) in [5.74, 6) is -1.15. The van der Waals surface area contributed by atoms with Gasteiger partial charge in [-0.25, -0.2) is 4.79 Å². The highest BCUT2D eigenvalue weighted by molar-refractivity contribution is 5.96. The van der Waals surface area contributed by atoms with Crippen molar-refractivity contribution in [2.24, 2.45) is 5.92 Å². The van der Waals surface area contributed by atoms with Crippen LogP contribution >= 0.6 is 0 Å². The zero-order chi connectivity index (χ0) is 22.1. The molecule has 0 bridgehead atoms. The van der Waals surface area contributed by atoms with Crippen molar-refractivity contribution in [3.63, 3.8) is 0 Å². The zero-order valence-corrected chi connectivity index (χ0v) is 16.4. The average Bonchev–Trinajstić information content (AvgIpc) is 2.74. The number of carbonyl (C=O) groups is 3. The summed E-state index contributed by atoms with van der Waals surface area (Å²) in [4.78, 5) is 45.6. The second kappa shape index (κ2) is 10.6. The number of hydrazine groups is 1. The first-order valence-electron chi connectivity index (χ1n) is 9.00. The third kappa shape index (κ3) is 6.89. The minimum atomic E-state index is -0.754. The fourth-order valence-corrected chi connectivity index (χ4v) is 2.13. The van der Waals surface area contributed by atoms with Crippen LogP contribution in [0.15, 0.2) is 48.5 Å². The maximum absolute atomic E-state index is 12.0. The number of hydrogen-bond donors (Lipinski definition) is 2. The number of ether oxygens (including phenoxy) is 2. The van der Waals surface area contributed by atoms with Crippen molar-refractivity contribution in [3.05, 3.63) is 69.8 Å². The van der Waals surface area contributed by atoms with Gasteiger partial charge in [-0.15, -0.1) is 0 Å². The molecule has 0 radical (unpaired) electrons. The van der Waals surface area contributed by atoms with Gasteiger partial charge in [-0.05, 0) is 42.3 Å². The molecule has 0 aliphatic rings. The van der Waals surface area contributed by atoms with Crippen molar-refractivity contribution < 1.29 is 28.8 Å². The first-order chi connectivity index (χ1) is 14.3. The second-order valence-electron chi connectivity index (χ2n) is 6.61. The van der Waals surface area contributed by atoms with E-state index in [-0.39, 0.29) is 16.8 Å². The van der Waals surface area contributed by atoms with Gasteiger partial charge >= 0.3 is 5.97 Å². The molecule has 2 aromatic rings. The summed E-state index contributed by atoms with van der Waals surface area (Å²) in [5.41, 5.74) is 4.41. The number of nitrogens with one attached hydrogen (secondary N) is 2. The number of nitro benzene ring substituents is 1. The number of benzene rings is 2. The Bertz CT molecular complexity index is 909. The van der Waals surface area contributed by atoms with Gasteiger partial charge in [0.15, 0.2) is 6.61 Å². The van der Waals surface area contributed by atoms with Crippen LogP contribution in [-0.2, 0) is 9.53 Å². The van der Waals surface area contributed by atoms with Crippen LogP contribution in [-0.4, -0.2) is 35.9 Å². The molecule has 2 aromatic carbocycles. The summed E-state index contributed by atoms with van der Waals surface area (Å²) < 4.78 is 10.4. The second-order valence-corrected chi connectivity index (χ2v) is 6.61. The van der Waals surface area contributed by atoms with Crippen LogP contribution in [0.4, 0.5) is 5.69 Å². The van der Waals surface area contributed by atoms with Crippen LogP contribution in [0, 0.1) is 16.0 Å². The van der Waals surface area contributed by atoms with Crippen molar-refractivity contribution in [2.45, 2.75) is 13.8 Å². The molecule has 158 valence electrons. The molecule has 0 heterocycles. The lowest BCUT2D eigenvalue weighted by atomic mass is 10.2. The number of rotatable bonds is 8. The molecule has 30 heavy (non-hydrogen) atoms. The van der Waals surface area contributed by atoms with Crippen molar-refractivity contribution in [1.82, 2.24) is 10.9 Å². The van der Waals surface area contributed by atoms with Gasteiger partial charge in [-0.2, -0.15) is 0 Å². The normalized spacial score (nSPS) is 10.2. The molecule has 2 amide bonds. The van der Waals surface area contributed by atoms with E-state index in [1.165, 1.54) is 24.3 Å². The van der Waals surface area contributed by atoms with Crippen molar-refractivity contribution in [2.75, 3.05) is 13.2 Å². The molecule has 2 rings (SSSR count). The third-order valence-electron chi connectivity index (χ3n) is 3.66. The Labute approximate surface area is 172 Å². The number of hydrogen-bond acceptors (Lipinski definition) is 7. The lowest BCUT2D eigenvalue weighted by Crippen LogP contribution is -2.43. The van der Waals surface area contributed by atoms with E-state index in [0.29, 0.717) is 18.3 Å². The molecule has 0 aliphatic heterocycles. The van der Waals surface area contributed by atoms with Gasteiger partial charge in [0.25, 0.3) is 17.5 Å². The quantitative estimate of drug-likeness (QED) is 0.383. The molecule has 0 saturated heterocycles. The zero-order valence-electron chi connectivity index (χ0n) is 16.4. The number of nitrogens with zero attached hydrogens (tertiary/aromatic N) is 1. The molecule has 10 nitrogen and oxygen atoms in total. The summed E-state index contributed by atoms with van der Waals surface area (Å²) in [6.07, 6.45) is 0. The first kappa shape index (κ1) is 22.3. The van der Waals surface area contributed by atoms with E-state index in [1.54, 1.807) is 12.1 Å². The highest BCUT2D eigenvalue weighted by Gasteiger charge is 2.13. The Hall–Kier alpha value is -3.95. The molecule has 0 atom stereocenters. The van der Waals surface area contributed by atoms with E-state index >= 15 is 0 Å². The molecule has 0 spiro atoms. The van der Waals surface area contributed by atoms with Crippen LogP contribution in [0.3, 0.4) is 0 Å². The first-order valence-corrected chi connectivity index (χ1v) is 9.00. The van der Waals surface area contributed by atoms with Crippen molar-refractivity contribution in [3.8, 4) is 5.75 Å². The van der Waals surface area contributed by atoms with E-state index in [9.17, 15) is 24.5 Å². The average molecular weight is 415 g/mol. The Balaban J connectivity index is 1.76. The Morgan fingerprint density at radius 3 is 2.13 bits per heavy atom. The number of carbonyl (C=O) groups excluding carboxylic acids is 3. The van der Waals surface area contributed by atoms with Gasteiger partial charge in [0, 0.05) is 17.7 Å². The number of amides is 2. The molecule has 0 unspecified atom stereocenters. The number of esters is 1. The van der Waals surface area contributed by atoms with Gasteiger partial charge in [0.2, 0.25) is 0 Å². The fraction of sp³-hybridized carbons (Fsp3) is 0.250. The summed E-state index contributed by atoms with van der Waals surface area (Å²) in [5, 5.41) is 10.6. The SMILES string of the molecule is CC(C)COc1ccc(C(=O)OCC(=O)NNC(=O)c2ccc([N+](=O)[O-])cc2)cc1. The topological polar surface area (TPSA) is 137 Å². The monoisotopic (exact) mass is 415 g/mol. The van der Waals surface area contributed by atoms with Crippen LogP contribution in [0.2, 0.25) is 0 Å². The molecular weight excluding hydrogens is 394 g/mol. The van der Waals surface area contributed by atoms with E-state index in [0.717, 1.165) is 12.1 Å². The predicted octanol–water partition coefficient (Wildman–Crippen LogP) is 2.25. The van der Waals surface area contributed by atoms with Gasteiger partial charge in [-0.3, -0.25) is 30.6 Å². The summed E-state index contributed by atoms with van der Waals surface area (Å²) in [6, 6.07) is 11.1. The van der Waals surface area contributed by atoms with Crippen molar-refractivity contribution in [1.29, 1.82) is 0 Å². The number of nitro groups is 1. The van der Waals surface area contributed by atoms with E-state index in [1.807, 2.05) is 13.8 Å². The summed E-state index contributed by atoms with van der Waals surface area (Å²) in [6.45, 7) is 3.98. The summed E-state index contributed by atoms with van der Waals surface area (Å²) in [7, 11) is 0. The molecule has 0 saturated carbocycles. The molecule has 10 heteroatoms. The molecule has 2 N–H and O–H groups in total. The standard InChI is InChI=1S/C20H21N3O7/c1-13(2)11-29-17-9-5-15(6-10-17)20(26)30-12-18(24)21-22-19(25)14-3-7-16(8-4-14)23(27)28/h3-10,13H,11-12H2,1-2H3,(H,21,24)(H,22,25). The van der Waals surface area contributed by atoms with Gasteiger partial charge < -0.3 is 9.47 Å². The van der Waals surface area contributed by atoms with Gasteiger partial charge in [0.1, 0.15) is 5.75 Å². The smallest absolute Gasteiger partial charge is 0.338 e. The fourth-order valence-electron chi connectivity index (χ4n) is 2.13. The van der Waals surface area contributed by atoms with Gasteiger partial charge in [0.05, 0.1) is 17.1 Å². The van der Waals surface area contributed by atoms with E-state index in [4.69, 9.17) is 9.47 Å². The minimum absolute atomic E-state index is 0.109. The Kier molecular flexibility index (Phi) is 7.86.